The van der Waals surface area contributed by atoms with Crippen LogP contribution in [0.25, 0.3) is 0 Å². The maximum atomic E-state index is 8.74. The van der Waals surface area contributed by atoms with Gasteiger partial charge in [0, 0.05) is 12.0 Å². The molecular weight excluding hydrogens is 176 g/mol. The van der Waals surface area contributed by atoms with Gasteiger partial charge in [0.25, 0.3) is 0 Å². The number of nitrogens with zero attached hydrogens (tertiary/aromatic N) is 1. The van der Waals surface area contributed by atoms with Crippen LogP contribution < -0.4 is 5.32 Å². The molecule has 0 aromatic rings. The Hall–Kier alpha value is -0.333. The van der Waals surface area contributed by atoms with Gasteiger partial charge in [-0.25, -0.2) is 0 Å². The third-order valence-corrected chi connectivity index (χ3v) is 3.80. The molecule has 1 aliphatic rings. The van der Waals surface area contributed by atoms with Crippen molar-refractivity contribution in [1.29, 1.82) is 5.26 Å². The standard InChI is InChI=1S/C10H20N2Si/c1-13(2,3)8-12-10-5-4-9(6-10)7-11/h9-10,12H,4-6,8H2,1-3H3. The van der Waals surface area contributed by atoms with E-state index in [0.29, 0.717) is 12.0 Å². The molecule has 1 fully saturated rings. The maximum absolute atomic E-state index is 8.74. The zero-order valence-electron chi connectivity index (χ0n) is 8.93. The SMILES string of the molecule is C[Si](C)(C)CNC1CCC(C#N)C1. The zero-order chi connectivity index (χ0) is 9.90. The molecule has 0 radical (unpaired) electrons. The van der Waals surface area contributed by atoms with Gasteiger partial charge >= 0.3 is 0 Å². The van der Waals surface area contributed by atoms with Crippen molar-refractivity contribution < 1.29 is 0 Å². The number of hydrogen-bond donors (Lipinski definition) is 1. The van der Waals surface area contributed by atoms with E-state index in [2.05, 4.69) is 31.0 Å². The number of nitrogens with one attached hydrogen (secondary N) is 1. The molecule has 13 heavy (non-hydrogen) atoms. The third-order valence-electron chi connectivity index (χ3n) is 2.54. The van der Waals surface area contributed by atoms with Crippen LogP contribution in [-0.4, -0.2) is 20.3 Å². The molecular formula is C10H20N2Si. The lowest BCUT2D eigenvalue weighted by Gasteiger charge is -2.20. The second kappa shape index (κ2) is 4.25. The Morgan fingerprint density at radius 2 is 2.08 bits per heavy atom. The Balaban J connectivity index is 2.22. The molecule has 2 unspecified atom stereocenters. The van der Waals surface area contributed by atoms with Gasteiger partial charge in [0.2, 0.25) is 0 Å². The Kier molecular flexibility index (Phi) is 3.52. The molecule has 1 aliphatic carbocycles. The molecule has 0 spiro atoms. The lowest BCUT2D eigenvalue weighted by molar-refractivity contribution is 0.552. The van der Waals surface area contributed by atoms with Crippen molar-refractivity contribution in [3.05, 3.63) is 0 Å². The highest BCUT2D eigenvalue weighted by Crippen LogP contribution is 2.24. The first-order valence-corrected chi connectivity index (χ1v) is 8.85. The molecule has 1 saturated carbocycles. The van der Waals surface area contributed by atoms with E-state index in [1.54, 1.807) is 0 Å². The van der Waals surface area contributed by atoms with Crippen LogP contribution in [0, 0.1) is 17.2 Å². The average Bonchev–Trinajstić information content (AvgIpc) is 2.47. The van der Waals surface area contributed by atoms with Crippen molar-refractivity contribution >= 4 is 8.07 Å². The molecule has 1 N–H and O–H groups in total. The molecule has 0 bridgehead atoms. The number of rotatable bonds is 3. The summed E-state index contributed by atoms with van der Waals surface area (Å²) in [5.41, 5.74) is 0. The Labute approximate surface area is 82.3 Å². The second-order valence-corrected chi connectivity index (χ2v) is 10.8. The quantitative estimate of drug-likeness (QED) is 0.702. The summed E-state index contributed by atoms with van der Waals surface area (Å²) in [7, 11) is -0.951. The van der Waals surface area contributed by atoms with Gasteiger partial charge < -0.3 is 5.32 Å². The molecule has 0 saturated heterocycles. The van der Waals surface area contributed by atoms with Crippen LogP contribution in [0.4, 0.5) is 0 Å². The van der Waals surface area contributed by atoms with Gasteiger partial charge in [0.1, 0.15) is 0 Å². The van der Waals surface area contributed by atoms with Gasteiger partial charge in [0.05, 0.1) is 14.1 Å². The van der Waals surface area contributed by atoms with Crippen molar-refractivity contribution in [2.24, 2.45) is 5.92 Å². The van der Waals surface area contributed by atoms with Crippen LogP contribution in [0.1, 0.15) is 19.3 Å². The predicted octanol–water partition coefficient (Wildman–Crippen LogP) is 2.15. The van der Waals surface area contributed by atoms with Crippen LogP contribution >= 0.6 is 0 Å². The van der Waals surface area contributed by atoms with Gasteiger partial charge in [-0.05, 0) is 25.4 Å². The minimum absolute atomic E-state index is 0.319. The zero-order valence-corrected chi connectivity index (χ0v) is 9.93. The van der Waals surface area contributed by atoms with Crippen LogP contribution in [0.15, 0.2) is 0 Å². The van der Waals surface area contributed by atoms with E-state index in [1.807, 2.05) is 0 Å². The monoisotopic (exact) mass is 196 g/mol. The second-order valence-electron chi connectivity index (χ2n) is 5.28. The van der Waals surface area contributed by atoms with Gasteiger partial charge in [0.15, 0.2) is 0 Å². The fraction of sp³-hybridized carbons (Fsp3) is 0.900. The van der Waals surface area contributed by atoms with E-state index >= 15 is 0 Å². The molecule has 0 aliphatic heterocycles. The predicted molar refractivity (Wildman–Crippen MR) is 58.1 cm³/mol. The fourth-order valence-electron chi connectivity index (χ4n) is 1.73. The topological polar surface area (TPSA) is 35.8 Å². The summed E-state index contributed by atoms with van der Waals surface area (Å²) in [6.07, 6.45) is 4.55. The van der Waals surface area contributed by atoms with Crippen molar-refractivity contribution in [3.8, 4) is 6.07 Å². The minimum Gasteiger partial charge on any atom is -0.317 e. The Morgan fingerprint density at radius 3 is 2.54 bits per heavy atom. The molecule has 3 heteroatoms. The van der Waals surface area contributed by atoms with E-state index in [1.165, 1.54) is 12.6 Å². The normalized spacial score (nSPS) is 28.8. The van der Waals surface area contributed by atoms with Crippen LogP contribution in [0.3, 0.4) is 0 Å². The summed E-state index contributed by atoms with van der Waals surface area (Å²) in [4.78, 5) is 0. The van der Waals surface area contributed by atoms with E-state index < -0.39 is 8.07 Å². The average molecular weight is 196 g/mol. The summed E-state index contributed by atoms with van der Waals surface area (Å²) in [6, 6.07) is 2.98. The highest BCUT2D eigenvalue weighted by Gasteiger charge is 2.25. The van der Waals surface area contributed by atoms with Crippen LogP contribution in [-0.2, 0) is 0 Å². The van der Waals surface area contributed by atoms with Gasteiger partial charge in [-0.1, -0.05) is 19.6 Å². The fourth-order valence-corrected chi connectivity index (χ4v) is 2.64. The van der Waals surface area contributed by atoms with Crippen molar-refractivity contribution in [2.45, 2.75) is 44.9 Å². The maximum Gasteiger partial charge on any atom is 0.0656 e. The lowest BCUT2D eigenvalue weighted by atomic mass is 10.1. The minimum atomic E-state index is -0.951. The lowest BCUT2D eigenvalue weighted by Crippen LogP contribution is -2.41. The third kappa shape index (κ3) is 3.92. The molecule has 1 rings (SSSR count). The Morgan fingerprint density at radius 1 is 1.38 bits per heavy atom. The van der Waals surface area contributed by atoms with Crippen LogP contribution in [0.5, 0.6) is 0 Å². The number of hydrogen-bond acceptors (Lipinski definition) is 2. The molecule has 2 atom stereocenters. The van der Waals surface area contributed by atoms with E-state index in [-0.39, 0.29) is 0 Å². The first kappa shape index (κ1) is 10.7. The highest BCUT2D eigenvalue weighted by molar-refractivity contribution is 6.76. The summed E-state index contributed by atoms with van der Waals surface area (Å²) in [5, 5.41) is 12.3. The summed E-state index contributed by atoms with van der Waals surface area (Å²) < 4.78 is 0. The van der Waals surface area contributed by atoms with E-state index in [0.717, 1.165) is 12.8 Å². The van der Waals surface area contributed by atoms with Gasteiger partial charge in [-0.2, -0.15) is 5.26 Å². The molecule has 0 amide bonds. The van der Waals surface area contributed by atoms with Crippen molar-refractivity contribution in [3.63, 3.8) is 0 Å². The summed E-state index contributed by atoms with van der Waals surface area (Å²) in [5.74, 6) is 0.319. The summed E-state index contributed by atoms with van der Waals surface area (Å²) in [6.45, 7) is 7.12. The first-order chi connectivity index (χ1) is 6.01. The Bertz CT molecular complexity index is 202. The molecule has 74 valence electrons. The van der Waals surface area contributed by atoms with E-state index in [4.69, 9.17) is 5.26 Å². The first-order valence-electron chi connectivity index (χ1n) is 5.14. The van der Waals surface area contributed by atoms with E-state index in [9.17, 15) is 0 Å². The largest absolute Gasteiger partial charge is 0.317 e. The summed E-state index contributed by atoms with van der Waals surface area (Å²) >= 11 is 0. The van der Waals surface area contributed by atoms with Gasteiger partial charge in [-0.3, -0.25) is 0 Å². The number of nitriles is 1. The molecule has 2 nitrogen and oxygen atoms in total. The highest BCUT2D eigenvalue weighted by atomic mass is 28.3. The molecule has 0 heterocycles. The molecule has 0 aromatic heterocycles. The van der Waals surface area contributed by atoms with Crippen molar-refractivity contribution in [2.75, 3.05) is 6.17 Å². The van der Waals surface area contributed by atoms with Crippen molar-refractivity contribution in [1.82, 2.24) is 5.32 Å². The van der Waals surface area contributed by atoms with Gasteiger partial charge in [-0.15, -0.1) is 0 Å². The smallest absolute Gasteiger partial charge is 0.0656 e. The van der Waals surface area contributed by atoms with Crippen LogP contribution in [0.2, 0.25) is 19.6 Å². The molecule has 0 aromatic carbocycles.